The topological polar surface area (TPSA) is 72.4 Å². The van der Waals surface area contributed by atoms with Crippen LogP contribution in [0.2, 0.25) is 0 Å². The van der Waals surface area contributed by atoms with E-state index in [9.17, 15) is 4.79 Å². The van der Waals surface area contributed by atoms with Gasteiger partial charge in [0.25, 0.3) is 5.91 Å². The number of nitrogens with two attached hydrogens (primary N) is 1. The molecule has 0 aliphatic carbocycles. The average molecular weight is 354 g/mol. The Bertz CT molecular complexity index is 832. The number of benzene rings is 1. The molecule has 2 heterocycles. The number of nitrogens with zero attached hydrogens (tertiary/aromatic N) is 2. The molecule has 0 radical (unpaired) electrons. The van der Waals surface area contributed by atoms with Crippen molar-refractivity contribution in [1.29, 1.82) is 0 Å². The summed E-state index contributed by atoms with van der Waals surface area (Å²) in [7, 11) is 0. The normalized spacial score (nSPS) is 11.6. The summed E-state index contributed by atoms with van der Waals surface area (Å²) in [4.78, 5) is 17.8. The van der Waals surface area contributed by atoms with Crippen LogP contribution in [0.5, 0.6) is 0 Å². The number of carbonyl (C=O) groups excluding carboxylic acids is 1. The second-order valence-electron chi connectivity index (χ2n) is 6.68. The van der Waals surface area contributed by atoms with Gasteiger partial charge in [0.2, 0.25) is 0 Å². The van der Waals surface area contributed by atoms with E-state index < -0.39 is 5.54 Å². The van der Waals surface area contributed by atoms with Gasteiger partial charge in [-0.1, -0.05) is 6.07 Å². The fourth-order valence-corrected chi connectivity index (χ4v) is 3.11. The first-order valence-electron chi connectivity index (χ1n) is 8.13. The monoisotopic (exact) mass is 354 g/mol. The van der Waals surface area contributed by atoms with Crippen molar-refractivity contribution in [3.63, 3.8) is 0 Å². The number of nitrogens with one attached hydrogen (secondary N) is 1. The zero-order valence-electron chi connectivity index (χ0n) is 14.4. The first-order valence-corrected chi connectivity index (χ1v) is 9.12. The maximum Gasteiger partial charge on any atom is 0.251 e. The van der Waals surface area contributed by atoms with Crippen molar-refractivity contribution in [1.82, 2.24) is 14.7 Å². The molecule has 1 amide bonds. The number of imidazole rings is 1. The van der Waals surface area contributed by atoms with E-state index in [-0.39, 0.29) is 5.91 Å². The predicted octanol–water partition coefficient (Wildman–Crippen LogP) is 3.09. The Morgan fingerprint density at radius 3 is 2.68 bits per heavy atom. The van der Waals surface area contributed by atoms with Gasteiger partial charge >= 0.3 is 0 Å². The summed E-state index contributed by atoms with van der Waals surface area (Å²) in [5.41, 5.74) is 8.09. The van der Waals surface area contributed by atoms with E-state index in [2.05, 4.69) is 10.3 Å². The van der Waals surface area contributed by atoms with Gasteiger partial charge in [-0.25, -0.2) is 4.98 Å². The first-order chi connectivity index (χ1) is 11.9. The lowest BCUT2D eigenvalue weighted by atomic mass is 10.1. The predicted molar refractivity (Wildman–Crippen MR) is 102 cm³/mol. The first kappa shape index (κ1) is 17.5. The second-order valence-corrected chi connectivity index (χ2v) is 7.73. The molecular weight excluding hydrogens is 332 g/mol. The van der Waals surface area contributed by atoms with Gasteiger partial charge in [-0.05, 0) is 50.2 Å². The van der Waals surface area contributed by atoms with Gasteiger partial charge in [0.15, 0.2) is 0 Å². The number of aromatic nitrogens is 2. The third kappa shape index (κ3) is 4.84. The highest BCUT2D eigenvalue weighted by molar-refractivity contribution is 7.98. The van der Waals surface area contributed by atoms with Gasteiger partial charge in [-0.2, -0.15) is 0 Å². The molecule has 0 saturated carbocycles. The average Bonchev–Trinajstić information content (AvgIpc) is 3.00. The molecule has 25 heavy (non-hydrogen) atoms. The zero-order chi connectivity index (χ0) is 17.9. The van der Waals surface area contributed by atoms with Crippen LogP contribution in [-0.4, -0.2) is 27.4 Å². The summed E-state index contributed by atoms with van der Waals surface area (Å²) in [5, 5.41) is 2.85. The van der Waals surface area contributed by atoms with E-state index >= 15 is 0 Å². The highest BCUT2D eigenvalue weighted by atomic mass is 32.2. The minimum absolute atomic E-state index is 0.101. The molecule has 3 aromatic rings. The van der Waals surface area contributed by atoms with E-state index in [1.54, 1.807) is 11.8 Å². The molecule has 5 nitrogen and oxygen atoms in total. The molecule has 130 valence electrons. The Balaban J connectivity index is 1.58. The smallest absolute Gasteiger partial charge is 0.251 e. The van der Waals surface area contributed by atoms with Crippen molar-refractivity contribution in [2.45, 2.75) is 30.0 Å². The fourth-order valence-electron chi connectivity index (χ4n) is 2.33. The number of pyridine rings is 1. The van der Waals surface area contributed by atoms with Crippen LogP contribution in [0, 0.1) is 0 Å². The molecule has 0 bridgehead atoms. The maximum atomic E-state index is 12.1. The van der Waals surface area contributed by atoms with Gasteiger partial charge < -0.3 is 15.5 Å². The number of thioether (sulfide) groups is 1. The van der Waals surface area contributed by atoms with E-state index in [0.717, 1.165) is 22.0 Å². The van der Waals surface area contributed by atoms with Crippen molar-refractivity contribution in [3.8, 4) is 0 Å². The Morgan fingerprint density at radius 2 is 2.00 bits per heavy atom. The lowest BCUT2D eigenvalue weighted by Crippen LogP contribution is -2.45. The zero-order valence-corrected chi connectivity index (χ0v) is 15.2. The summed E-state index contributed by atoms with van der Waals surface area (Å²) in [6, 6.07) is 13.6. The van der Waals surface area contributed by atoms with E-state index in [4.69, 9.17) is 5.73 Å². The second kappa shape index (κ2) is 7.29. The van der Waals surface area contributed by atoms with Gasteiger partial charge in [0, 0.05) is 40.7 Å². The van der Waals surface area contributed by atoms with Crippen LogP contribution in [0.1, 0.15) is 29.9 Å². The Labute approximate surface area is 151 Å². The molecule has 6 heteroatoms. The number of hydrogen-bond acceptors (Lipinski definition) is 4. The largest absolute Gasteiger partial charge is 0.350 e. The van der Waals surface area contributed by atoms with Crippen molar-refractivity contribution in [3.05, 3.63) is 66.1 Å². The van der Waals surface area contributed by atoms with Crippen molar-refractivity contribution in [2.24, 2.45) is 5.73 Å². The molecular formula is C19H22N4OS. The summed E-state index contributed by atoms with van der Waals surface area (Å²) >= 11 is 1.70. The van der Waals surface area contributed by atoms with Gasteiger partial charge in [0.05, 0.1) is 5.69 Å². The molecule has 3 N–H and O–H groups in total. The number of carbonyl (C=O) groups is 1. The number of amides is 1. The highest BCUT2D eigenvalue weighted by Gasteiger charge is 2.13. The number of rotatable bonds is 6. The quantitative estimate of drug-likeness (QED) is 0.667. The third-order valence-electron chi connectivity index (χ3n) is 3.62. The van der Waals surface area contributed by atoms with Crippen LogP contribution >= 0.6 is 11.8 Å². The molecule has 0 aliphatic rings. The molecule has 1 aromatic carbocycles. The van der Waals surface area contributed by atoms with E-state index in [1.165, 1.54) is 0 Å². The third-order valence-corrected chi connectivity index (χ3v) is 4.67. The summed E-state index contributed by atoms with van der Waals surface area (Å²) in [6.07, 6.45) is 4.03. The van der Waals surface area contributed by atoms with Crippen LogP contribution in [0.25, 0.3) is 5.65 Å². The van der Waals surface area contributed by atoms with Crippen LogP contribution in [0.15, 0.2) is 59.8 Å². The Hall–Kier alpha value is -2.31. The molecule has 0 spiro atoms. The highest BCUT2D eigenvalue weighted by Crippen LogP contribution is 2.23. The summed E-state index contributed by atoms with van der Waals surface area (Å²) in [5.74, 6) is 0.685. The SMILES string of the molecule is CC(C)(N)CNC(=O)c1ccc(SCc2cn3ccccc3n2)cc1. The lowest BCUT2D eigenvalue weighted by Gasteiger charge is -2.18. The summed E-state index contributed by atoms with van der Waals surface area (Å²) in [6.45, 7) is 4.20. The molecule has 0 atom stereocenters. The van der Waals surface area contributed by atoms with E-state index in [0.29, 0.717) is 12.1 Å². The van der Waals surface area contributed by atoms with Crippen LogP contribution in [-0.2, 0) is 5.75 Å². The maximum absolute atomic E-state index is 12.1. The van der Waals surface area contributed by atoms with E-state index in [1.807, 2.05) is 73.1 Å². The van der Waals surface area contributed by atoms with Crippen LogP contribution in [0.3, 0.4) is 0 Å². The molecule has 3 rings (SSSR count). The van der Waals surface area contributed by atoms with Crippen LogP contribution in [0.4, 0.5) is 0 Å². The van der Waals surface area contributed by atoms with Gasteiger partial charge in [0.1, 0.15) is 5.65 Å². The van der Waals surface area contributed by atoms with Crippen LogP contribution < -0.4 is 11.1 Å². The molecule has 0 saturated heterocycles. The molecule has 0 aliphatic heterocycles. The Morgan fingerprint density at radius 1 is 1.24 bits per heavy atom. The minimum Gasteiger partial charge on any atom is -0.350 e. The van der Waals surface area contributed by atoms with Gasteiger partial charge in [-0.3, -0.25) is 4.79 Å². The number of hydrogen-bond donors (Lipinski definition) is 2. The van der Waals surface area contributed by atoms with Gasteiger partial charge in [-0.15, -0.1) is 11.8 Å². The molecule has 0 fully saturated rings. The number of fused-ring (bicyclic) bond motifs is 1. The van der Waals surface area contributed by atoms with Crippen molar-refractivity contribution in [2.75, 3.05) is 6.54 Å². The minimum atomic E-state index is -0.417. The van der Waals surface area contributed by atoms with Crippen molar-refractivity contribution >= 4 is 23.3 Å². The standard InChI is InChI=1S/C19H22N4OS/c1-19(2,20)13-21-18(24)14-6-8-16(9-7-14)25-12-15-11-23-10-4-3-5-17(23)22-15/h3-11H,12-13,20H2,1-2H3,(H,21,24). The fraction of sp³-hybridized carbons (Fsp3) is 0.263. The van der Waals surface area contributed by atoms with Crippen molar-refractivity contribution < 1.29 is 4.79 Å². The summed E-state index contributed by atoms with van der Waals surface area (Å²) < 4.78 is 2.02. The molecule has 2 aromatic heterocycles. The Kier molecular flexibility index (Phi) is 5.11. The lowest BCUT2D eigenvalue weighted by molar-refractivity contribution is 0.0946. The molecule has 0 unspecified atom stereocenters.